The lowest BCUT2D eigenvalue weighted by atomic mass is 10.1. The zero-order valence-corrected chi connectivity index (χ0v) is 12.7. The number of benzene rings is 1. The van der Waals surface area contributed by atoms with Crippen molar-refractivity contribution < 1.29 is 18.3 Å². The van der Waals surface area contributed by atoms with Gasteiger partial charge < -0.3 is 5.11 Å². The molecule has 1 fully saturated rings. The van der Waals surface area contributed by atoms with E-state index in [0.29, 0.717) is 30.1 Å². The number of hydrogen-bond acceptors (Lipinski definition) is 3. The Hall–Kier alpha value is -1.40. The van der Waals surface area contributed by atoms with E-state index >= 15 is 0 Å². The number of carboxylic acid groups (broad SMARTS) is 1. The van der Waals surface area contributed by atoms with Crippen LogP contribution in [0.15, 0.2) is 17.0 Å². The van der Waals surface area contributed by atoms with Gasteiger partial charge in [0.05, 0.1) is 10.5 Å². The summed E-state index contributed by atoms with van der Waals surface area (Å²) in [6, 6.07) is 2.77. The van der Waals surface area contributed by atoms with Gasteiger partial charge >= 0.3 is 5.97 Å². The van der Waals surface area contributed by atoms with Gasteiger partial charge in [-0.05, 0) is 49.4 Å². The minimum atomic E-state index is -3.61. The second-order valence-electron chi connectivity index (χ2n) is 5.48. The molecule has 1 N–H and O–H groups in total. The summed E-state index contributed by atoms with van der Waals surface area (Å²) >= 11 is 0. The highest BCUT2D eigenvalue weighted by Gasteiger charge is 2.32. The molecule has 1 unspecified atom stereocenters. The monoisotopic (exact) mass is 297 g/mol. The van der Waals surface area contributed by atoms with Crippen LogP contribution in [0.4, 0.5) is 0 Å². The molecule has 1 saturated heterocycles. The van der Waals surface area contributed by atoms with Crippen molar-refractivity contribution in [3.8, 4) is 0 Å². The van der Waals surface area contributed by atoms with E-state index in [-0.39, 0.29) is 10.5 Å². The molecule has 0 bridgehead atoms. The molecular weight excluding hydrogens is 278 g/mol. The summed E-state index contributed by atoms with van der Waals surface area (Å²) in [5.74, 6) is -0.770. The normalized spacial score (nSPS) is 20.2. The third kappa shape index (κ3) is 2.58. The predicted octanol–water partition coefficient (Wildman–Crippen LogP) is 2.03. The van der Waals surface area contributed by atoms with Gasteiger partial charge in [0, 0.05) is 13.1 Å². The quantitative estimate of drug-likeness (QED) is 0.926. The van der Waals surface area contributed by atoms with Crippen molar-refractivity contribution >= 4 is 16.0 Å². The van der Waals surface area contributed by atoms with Crippen LogP contribution in [-0.2, 0) is 10.0 Å². The molecule has 0 radical (unpaired) electrons. The van der Waals surface area contributed by atoms with Crippen molar-refractivity contribution in [2.75, 3.05) is 13.1 Å². The third-order valence-electron chi connectivity index (χ3n) is 3.87. The zero-order chi connectivity index (χ0) is 15.1. The number of aryl methyl sites for hydroxylation is 1. The first kappa shape index (κ1) is 15.0. The van der Waals surface area contributed by atoms with Gasteiger partial charge in [0.25, 0.3) is 0 Å². The number of nitrogens with zero attached hydrogens (tertiary/aromatic N) is 1. The van der Waals surface area contributed by atoms with Crippen LogP contribution in [0.25, 0.3) is 0 Å². The average molecular weight is 297 g/mol. The van der Waals surface area contributed by atoms with Crippen LogP contribution < -0.4 is 0 Å². The lowest BCUT2D eigenvalue weighted by Crippen LogP contribution is -2.29. The summed E-state index contributed by atoms with van der Waals surface area (Å²) in [6.45, 7) is 6.46. The minimum absolute atomic E-state index is 0.0129. The fraction of sp³-hybridized carbons (Fsp3) is 0.500. The van der Waals surface area contributed by atoms with Gasteiger partial charge in [0.15, 0.2) is 0 Å². The Morgan fingerprint density at radius 2 is 2.00 bits per heavy atom. The molecule has 0 saturated carbocycles. The maximum Gasteiger partial charge on any atom is 0.335 e. The molecule has 2 rings (SSSR count). The largest absolute Gasteiger partial charge is 0.478 e. The van der Waals surface area contributed by atoms with Crippen molar-refractivity contribution in [2.24, 2.45) is 5.92 Å². The molecule has 1 aromatic rings. The summed E-state index contributed by atoms with van der Waals surface area (Å²) in [5, 5.41) is 9.09. The number of rotatable bonds is 3. The van der Waals surface area contributed by atoms with Gasteiger partial charge in [0.1, 0.15) is 0 Å². The van der Waals surface area contributed by atoms with Crippen LogP contribution in [0, 0.1) is 19.8 Å². The van der Waals surface area contributed by atoms with E-state index in [1.54, 1.807) is 13.8 Å². The first-order chi connectivity index (χ1) is 9.23. The molecule has 20 heavy (non-hydrogen) atoms. The first-order valence-corrected chi connectivity index (χ1v) is 8.02. The summed E-state index contributed by atoms with van der Waals surface area (Å²) in [4.78, 5) is 11.2. The van der Waals surface area contributed by atoms with Gasteiger partial charge in [0.2, 0.25) is 10.0 Å². The molecule has 5 nitrogen and oxygen atoms in total. The van der Waals surface area contributed by atoms with Crippen molar-refractivity contribution in [3.63, 3.8) is 0 Å². The van der Waals surface area contributed by atoms with Crippen LogP contribution in [0.3, 0.4) is 0 Å². The van der Waals surface area contributed by atoms with E-state index in [1.165, 1.54) is 16.4 Å². The second-order valence-corrected chi connectivity index (χ2v) is 7.38. The van der Waals surface area contributed by atoms with Crippen molar-refractivity contribution in [1.82, 2.24) is 4.31 Å². The molecule has 1 atom stereocenters. The van der Waals surface area contributed by atoms with Crippen LogP contribution in [-0.4, -0.2) is 36.9 Å². The van der Waals surface area contributed by atoms with Gasteiger partial charge in [-0.15, -0.1) is 0 Å². The van der Waals surface area contributed by atoms with Crippen LogP contribution in [0.1, 0.15) is 34.8 Å². The molecule has 6 heteroatoms. The van der Waals surface area contributed by atoms with Crippen LogP contribution in [0.2, 0.25) is 0 Å². The summed E-state index contributed by atoms with van der Waals surface area (Å²) in [6.07, 6.45) is 0.843. The van der Waals surface area contributed by atoms with Crippen molar-refractivity contribution in [3.05, 3.63) is 28.8 Å². The number of carboxylic acids is 1. The standard InChI is InChI=1S/C14H19NO4S/c1-9-4-5-15(8-9)20(18,19)13-7-12(14(16)17)6-10(2)11(13)3/h6-7,9H,4-5,8H2,1-3H3,(H,16,17). The lowest BCUT2D eigenvalue weighted by Gasteiger charge is -2.19. The fourth-order valence-corrected chi connectivity index (χ4v) is 4.37. The highest BCUT2D eigenvalue weighted by molar-refractivity contribution is 7.89. The Balaban J connectivity index is 2.54. The maximum atomic E-state index is 12.7. The Labute approximate surface area is 119 Å². The Kier molecular flexibility index (Phi) is 3.88. The Bertz CT molecular complexity index is 651. The van der Waals surface area contributed by atoms with Crippen LogP contribution in [0.5, 0.6) is 0 Å². The van der Waals surface area contributed by atoms with E-state index < -0.39 is 16.0 Å². The summed E-state index contributed by atoms with van der Waals surface area (Å²) < 4.78 is 26.8. The van der Waals surface area contributed by atoms with Gasteiger partial charge in [-0.3, -0.25) is 0 Å². The topological polar surface area (TPSA) is 74.7 Å². The molecule has 110 valence electrons. The molecule has 1 heterocycles. The van der Waals surface area contributed by atoms with E-state index in [9.17, 15) is 13.2 Å². The Morgan fingerprint density at radius 3 is 2.50 bits per heavy atom. The molecule has 1 aromatic carbocycles. The Morgan fingerprint density at radius 1 is 1.35 bits per heavy atom. The van der Waals surface area contributed by atoms with E-state index in [2.05, 4.69) is 0 Å². The average Bonchev–Trinajstić information content (AvgIpc) is 2.79. The van der Waals surface area contributed by atoms with Crippen molar-refractivity contribution in [1.29, 1.82) is 0 Å². The number of hydrogen-bond donors (Lipinski definition) is 1. The molecular formula is C14H19NO4S. The number of carbonyl (C=O) groups is 1. The van der Waals surface area contributed by atoms with E-state index in [1.807, 2.05) is 6.92 Å². The highest BCUT2D eigenvalue weighted by Crippen LogP contribution is 2.28. The smallest absolute Gasteiger partial charge is 0.335 e. The highest BCUT2D eigenvalue weighted by atomic mass is 32.2. The van der Waals surface area contributed by atoms with Gasteiger partial charge in [-0.1, -0.05) is 6.92 Å². The summed E-state index contributed by atoms with van der Waals surface area (Å²) in [5.41, 5.74) is 1.31. The van der Waals surface area contributed by atoms with Gasteiger partial charge in [-0.2, -0.15) is 4.31 Å². The molecule has 0 aromatic heterocycles. The molecule has 0 spiro atoms. The van der Waals surface area contributed by atoms with Crippen molar-refractivity contribution in [2.45, 2.75) is 32.1 Å². The predicted molar refractivity (Wildman–Crippen MR) is 75.4 cm³/mol. The summed E-state index contributed by atoms with van der Waals surface area (Å²) in [7, 11) is -3.61. The maximum absolute atomic E-state index is 12.7. The third-order valence-corrected chi connectivity index (χ3v) is 5.86. The first-order valence-electron chi connectivity index (χ1n) is 6.58. The van der Waals surface area contributed by atoms with E-state index in [4.69, 9.17) is 5.11 Å². The molecule has 1 aliphatic heterocycles. The number of aromatic carboxylic acids is 1. The molecule has 0 aliphatic carbocycles. The fourth-order valence-electron chi connectivity index (χ4n) is 2.47. The zero-order valence-electron chi connectivity index (χ0n) is 11.9. The van der Waals surface area contributed by atoms with Gasteiger partial charge in [-0.25, -0.2) is 13.2 Å². The molecule has 1 aliphatic rings. The number of sulfonamides is 1. The second kappa shape index (κ2) is 5.18. The van der Waals surface area contributed by atoms with E-state index in [0.717, 1.165) is 6.42 Å². The molecule has 0 amide bonds. The SMILES string of the molecule is Cc1cc(C(=O)O)cc(S(=O)(=O)N2CCC(C)C2)c1C. The minimum Gasteiger partial charge on any atom is -0.478 e. The van der Waals surface area contributed by atoms with Crippen LogP contribution >= 0.6 is 0 Å². The lowest BCUT2D eigenvalue weighted by molar-refractivity contribution is 0.0696.